The summed E-state index contributed by atoms with van der Waals surface area (Å²) in [7, 11) is 0. The van der Waals surface area contributed by atoms with Crippen LogP contribution in [0.5, 0.6) is 0 Å². The van der Waals surface area contributed by atoms with Crippen LogP contribution in [0.15, 0.2) is 0 Å². The van der Waals surface area contributed by atoms with Crippen molar-refractivity contribution in [1.29, 1.82) is 0 Å². The first-order valence-electron chi connectivity index (χ1n) is 8.89. The first kappa shape index (κ1) is 15.2. The molecule has 3 heteroatoms. The van der Waals surface area contributed by atoms with Crippen molar-refractivity contribution in [3.8, 4) is 0 Å². The minimum absolute atomic E-state index is 0.801. The van der Waals surface area contributed by atoms with Gasteiger partial charge in [-0.1, -0.05) is 12.8 Å². The van der Waals surface area contributed by atoms with E-state index >= 15 is 0 Å². The van der Waals surface area contributed by atoms with Crippen molar-refractivity contribution in [2.24, 2.45) is 5.92 Å². The fourth-order valence-electron chi connectivity index (χ4n) is 4.69. The smallest absolute Gasteiger partial charge is 0.0113 e. The van der Waals surface area contributed by atoms with Gasteiger partial charge in [0, 0.05) is 23.4 Å². The second-order valence-corrected chi connectivity index (χ2v) is 8.27. The van der Waals surface area contributed by atoms with Gasteiger partial charge in [-0.25, -0.2) is 0 Å². The zero-order valence-corrected chi connectivity index (χ0v) is 13.9. The SMILES string of the molecule is CSC1CCC(NC2CCCCC2C2CCCN2)CC1. The van der Waals surface area contributed by atoms with Crippen molar-refractivity contribution in [2.45, 2.75) is 87.6 Å². The summed E-state index contributed by atoms with van der Waals surface area (Å²) in [4.78, 5) is 0. The Labute approximate surface area is 129 Å². The van der Waals surface area contributed by atoms with Gasteiger partial charge in [-0.2, -0.15) is 11.8 Å². The molecule has 1 aliphatic heterocycles. The number of thioether (sulfide) groups is 1. The summed E-state index contributed by atoms with van der Waals surface area (Å²) >= 11 is 2.08. The van der Waals surface area contributed by atoms with E-state index in [1.165, 1.54) is 70.8 Å². The van der Waals surface area contributed by atoms with Gasteiger partial charge in [-0.3, -0.25) is 0 Å². The molecule has 116 valence electrons. The Bertz CT molecular complexity index is 283. The van der Waals surface area contributed by atoms with Crippen LogP contribution >= 0.6 is 11.8 Å². The molecule has 1 saturated heterocycles. The number of hydrogen-bond donors (Lipinski definition) is 2. The van der Waals surface area contributed by atoms with E-state index in [1.807, 2.05) is 0 Å². The Hall–Kier alpha value is 0.270. The van der Waals surface area contributed by atoms with Crippen molar-refractivity contribution < 1.29 is 0 Å². The largest absolute Gasteiger partial charge is 0.314 e. The van der Waals surface area contributed by atoms with Gasteiger partial charge in [0.15, 0.2) is 0 Å². The Balaban J connectivity index is 1.51. The molecule has 0 spiro atoms. The molecule has 3 unspecified atom stereocenters. The third-order valence-corrected chi connectivity index (χ3v) is 7.03. The Kier molecular flexibility index (Phi) is 5.70. The van der Waals surface area contributed by atoms with Crippen LogP contribution in [0.2, 0.25) is 0 Å². The van der Waals surface area contributed by atoms with Crippen molar-refractivity contribution >= 4 is 11.8 Å². The zero-order chi connectivity index (χ0) is 13.8. The van der Waals surface area contributed by atoms with Crippen molar-refractivity contribution in [3.05, 3.63) is 0 Å². The lowest BCUT2D eigenvalue weighted by Gasteiger charge is -2.40. The maximum Gasteiger partial charge on any atom is 0.0113 e. The molecule has 3 atom stereocenters. The minimum Gasteiger partial charge on any atom is -0.314 e. The second-order valence-electron chi connectivity index (χ2n) is 7.13. The maximum absolute atomic E-state index is 4.08. The van der Waals surface area contributed by atoms with Gasteiger partial charge in [0.05, 0.1) is 0 Å². The monoisotopic (exact) mass is 296 g/mol. The van der Waals surface area contributed by atoms with Crippen LogP contribution in [0.25, 0.3) is 0 Å². The molecule has 3 fully saturated rings. The molecule has 2 N–H and O–H groups in total. The van der Waals surface area contributed by atoms with Gasteiger partial charge in [-0.15, -0.1) is 0 Å². The lowest BCUT2D eigenvalue weighted by atomic mass is 9.78. The van der Waals surface area contributed by atoms with Gasteiger partial charge in [0.25, 0.3) is 0 Å². The molecule has 2 saturated carbocycles. The molecule has 3 aliphatic rings. The number of nitrogens with one attached hydrogen (secondary N) is 2. The predicted octanol–water partition coefficient (Wildman–Crippen LogP) is 3.56. The van der Waals surface area contributed by atoms with Crippen LogP contribution in [0.3, 0.4) is 0 Å². The minimum atomic E-state index is 0.801. The topological polar surface area (TPSA) is 24.1 Å². The average molecular weight is 297 g/mol. The first-order valence-corrected chi connectivity index (χ1v) is 10.2. The molecule has 0 aromatic carbocycles. The Morgan fingerprint density at radius 3 is 2.40 bits per heavy atom. The second kappa shape index (κ2) is 7.51. The molecule has 0 aromatic rings. The highest BCUT2D eigenvalue weighted by atomic mass is 32.2. The van der Waals surface area contributed by atoms with E-state index in [4.69, 9.17) is 0 Å². The average Bonchev–Trinajstić information content (AvgIpc) is 3.03. The molecule has 2 aliphatic carbocycles. The van der Waals surface area contributed by atoms with Crippen LogP contribution in [0.4, 0.5) is 0 Å². The highest BCUT2D eigenvalue weighted by Gasteiger charge is 2.34. The van der Waals surface area contributed by atoms with E-state index in [9.17, 15) is 0 Å². The maximum atomic E-state index is 4.08. The van der Waals surface area contributed by atoms with E-state index < -0.39 is 0 Å². The first-order chi connectivity index (χ1) is 9.86. The van der Waals surface area contributed by atoms with Crippen LogP contribution < -0.4 is 10.6 Å². The normalized spacial score (nSPS) is 42.8. The summed E-state index contributed by atoms with van der Waals surface area (Å²) in [5, 5.41) is 8.78. The van der Waals surface area contributed by atoms with Gasteiger partial charge in [0.1, 0.15) is 0 Å². The Morgan fingerprint density at radius 2 is 1.70 bits per heavy atom. The summed E-state index contributed by atoms with van der Waals surface area (Å²) in [5.41, 5.74) is 0. The summed E-state index contributed by atoms with van der Waals surface area (Å²) in [6.45, 7) is 1.26. The van der Waals surface area contributed by atoms with Gasteiger partial charge >= 0.3 is 0 Å². The molecule has 20 heavy (non-hydrogen) atoms. The van der Waals surface area contributed by atoms with Crippen LogP contribution in [-0.4, -0.2) is 36.2 Å². The standard InChI is InChI=1S/C17H32N2S/c1-20-14-10-8-13(9-11-14)19-17-6-3-2-5-15(17)16-7-4-12-18-16/h13-19H,2-12H2,1H3. The molecule has 3 rings (SSSR count). The molecule has 0 radical (unpaired) electrons. The number of hydrogen-bond acceptors (Lipinski definition) is 3. The molecule has 0 bridgehead atoms. The molecular formula is C17H32N2S. The van der Waals surface area contributed by atoms with Gasteiger partial charge in [0.2, 0.25) is 0 Å². The molecule has 2 nitrogen and oxygen atoms in total. The van der Waals surface area contributed by atoms with E-state index in [1.54, 1.807) is 0 Å². The summed E-state index contributed by atoms with van der Waals surface area (Å²) in [6, 6.07) is 2.43. The lowest BCUT2D eigenvalue weighted by Crippen LogP contribution is -2.51. The summed E-state index contributed by atoms with van der Waals surface area (Å²) in [6.07, 6.45) is 16.5. The summed E-state index contributed by atoms with van der Waals surface area (Å²) in [5.74, 6) is 0.907. The molecular weight excluding hydrogens is 264 g/mol. The Morgan fingerprint density at radius 1 is 0.900 bits per heavy atom. The highest BCUT2D eigenvalue weighted by molar-refractivity contribution is 7.99. The van der Waals surface area contributed by atoms with Crippen LogP contribution in [0, 0.1) is 5.92 Å². The van der Waals surface area contributed by atoms with E-state index in [0.717, 1.165) is 29.3 Å². The highest BCUT2D eigenvalue weighted by Crippen LogP contribution is 2.33. The number of rotatable bonds is 4. The van der Waals surface area contributed by atoms with Crippen molar-refractivity contribution in [2.75, 3.05) is 12.8 Å². The van der Waals surface area contributed by atoms with Gasteiger partial charge in [-0.05, 0) is 70.1 Å². The van der Waals surface area contributed by atoms with Gasteiger partial charge < -0.3 is 10.6 Å². The van der Waals surface area contributed by atoms with Crippen LogP contribution in [-0.2, 0) is 0 Å². The van der Waals surface area contributed by atoms with Crippen molar-refractivity contribution in [3.63, 3.8) is 0 Å². The van der Waals surface area contributed by atoms with Crippen molar-refractivity contribution in [1.82, 2.24) is 10.6 Å². The fourth-order valence-corrected chi connectivity index (χ4v) is 5.44. The van der Waals surface area contributed by atoms with Crippen LogP contribution in [0.1, 0.15) is 64.2 Å². The predicted molar refractivity (Wildman–Crippen MR) is 89.5 cm³/mol. The molecule has 0 aromatic heterocycles. The fraction of sp³-hybridized carbons (Fsp3) is 1.00. The summed E-state index contributed by atoms with van der Waals surface area (Å²) < 4.78 is 0. The zero-order valence-electron chi connectivity index (χ0n) is 13.1. The molecule has 0 amide bonds. The quantitative estimate of drug-likeness (QED) is 0.829. The lowest BCUT2D eigenvalue weighted by molar-refractivity contribution is 0.189. The third kappa shape index (κ3) is 3.72. The third-order valence-electron chi connectivity index (χ3n) is 5.89. The van der Waals surface area contributed by atoms with E-state index in [2.05, 4.69) is 28.7 Å². The van der Waals surface area contributed by atoms with E-state index in [0.29, 0.717) is 0 Å². The van der Waals surface area contributed by atoms with E-state index in [-0.39, 0.29) is 0 Å². The molecule has 1 heterocycles.